The number of hydrogen-bond acceptors (Lipinski definition) is 6. The fourth-order valence-corrected chi connectivity index (χ4v) is 5.13. The van der Waals surface area contributed by atoms with E-state index in [0.717, 1.165) is 24.8 Å². The number of fused-ring (bicyclic) bond motifs is 1. The first-order valence-corrected chi connectivity index (χ1v) is 11.2. The number of anilines is 1. The molecular formula is C20H23N5O3S. The van der Waals surface area contributed by atoms with Crippen LogP contribution in [0.15, 0.2) is 58.4 Å². The minimum atomic E-state index is -3.73. The highest BCUT2D eigenvalue weighted by Crippen LogP contribution is 2.23. The highest BCUT2D eigenvalue weighted by Gasteiger charge is 2.27. The van der Waals surface area contributed by atoms with Gasteiger partial charge in [0, 0.05) is 43.3 Å². The van der Waals surface area contributed by atoms with Gasteiger partial charge < -0.3 is 4.90 Å². The average molecular weight is 414 g/mol. The number of rotatable bonds is 5. The van der Waals surface area contributed by atoms with Gasteiger partial charge in [0.1, 0.15) is 10.7 Å². The number of aryl methyl sites for hydroxylation is 1. The van der Waals surface area contributed by atoms with Crippen molar-refractivity contribution in [1.29, 1.82) is 0 Å². The number of benzene rings is 1. The summed E-state index contributed by atoms with van der Waals surface area (Å²) in [5.74, 6) is 0.683. The van der Waals surface area contributed by atoms with Crippen molar-refractivity contribution in [3.8, 4) is 0 Å². The van der Waals surface area contributed by atoms with E-state index in [1.165, 1.54) is 10.7 Å². The van der Waals surface area contributed by atoms with Crippen molar-refractivity contribution in [2.45, 2.75) is 37.2 Å². The van der Waals surface area contributed by atoms with E-state index in [4.69, 9.17) is 0 Å². The van der Waals surface area contributed by atoms with Crippen molar-refractivity contribution in [3.05, 3.63) is 59.0 Å². The molecule has 1 fully saturated rings. The predicted molar refractivity (Wildman–Crippen MR) is 111 cm³/mol. The number of piperidine rings is 1. The van der Waals surface area contributed by atoms with Crippen molar-refractivity contribution >= 4 is 26.7 Å². The molecule has 152 valence electrons. The number of aromatic nitrogens is 3. The maximum Gasteiger partial charge on any atom is 0.266 e. The maximum atomic E-state index is 13.1. The zero-order chi connectivity index (χ0) is 20.4. The molecule has 0 saturated carbocycles. The molecule has 1 N–H and O–H groups in total. The molecule has 4 rings (SSSR count). The summed E-state index contributed by atoms with van der Waals surface area (Å²) in [6.45, 7) is 3.61. The second kappa shape index (κ2) is 7.92. The maximum absolute atomic E-state index is 13.1. The van der Waals surface area contributed by atoms with Gasteiger partial charge >= 0.3 is 0 Å². The van der Waals surface area contributed by atoms with Crippen LogP contribution in [0.3, 0.4) is 0 Å². The smallest absolute Gasteiger partial charge is 0.266 e. The second-order valence-electron chi connectivity index (χ2n) is 7.08. The van der Waals surface area contributed by atoms with Gasteiger partial charge in [-0.25, -0.2) is 17.8 Å². The van der Waals surface area contributed by atoms with Crippen LogP contribution in [0, 0.1) is 0 Å². The molecule has 0 radical (unpaired) electrons. The molecule has 3 heterocycles. The first-order chi connectivity index (χ1) is 14.0. The molecule has 1 aromatic carbocycles. The zero-order valence-corrected chi connectivity index (χ0v) is 17.0. The van der Waals surface area contributed by atoms with Gasteiger partial charge in [0.2, 0.25) is 10.0 Å². The topological polar surface area (TPSA) is 97.2 Å². The van der Waals surface area contributed by atoms with Crippen LogP contribution in [-0.2, 0) is 16.6 Å². The molecule has 1 atom stereocenters. The number of pyridine rings is 1. The van der Waals surface area contributed by atoms with Gasteiger partial charge in [0.25, 0.3) is 5.56 Å². The average Bonchev–Trinajstić information content (AvgIpc) is 2.73. The lowest BCUT2D eigenvalue weighted by Crippen LogP contribution is -2.48. The molecule has 2 aromatic heterocycles. The first kappa shape index (κ1) is 19.5. The minimum Gasteiger partial charge on any atom is -0.354 e. The summed E-state index contributed by atoms with van der Waals surface area (Å²) in [7, 11) is -3.73. The number of hydrogen-bond donors (Lipinski definition) is 1. The standard InChI is InChI=1S/C20H23N5O3S/c1-2-25-19(26)11-10-18(22-25)24-13-5-8-16(14-24)23-29(27,28)17-9-3-6-15-7-4-12-21-20(15)17/h3-4,6-7,9-12,16,23H,2,5,8,13-14H2,1H3. The normalized spacial score (nSPS) is 17.6. The summed E-state index contributed by atoms with van der Waals surface area (Å²) < 4.78 is 30.4. The Labute approximate surface area is 169 Å². The molecule has 0 bridgehead atoms. The van der Waals surface area contributed by atoms with Crippen molar-refractivity contribution in [2.24, 2.45) is 0 Å². The van der Waals surface area contributed by atoms with Gasteiger partial charge in [-0.3, -0.25) is 9.78 Å². The Morgan fingerprint density at radius 2 is 2.00 bits per heavy atom. The van der Waals surface area contributed by atoms with E-state index < -0.39 is 10.0 Å². The third-order valence-corrected chi connectivity index (χ3v) is 6.66. The summed E-state index contributed by atoms with van der Waals surface area (Å²) in [5, 5.41) is 5.17. The molecule has 0 spiro atoms. The van der Waals surface area contributed by atoms with Crippen LogP contribution in [0.2, 0.25) is 0 Å². The van der Waals surface area contributed by atoms with Gasteiger partial charge in [-0.05, 0) is 38.0 Å². The largest absolute Gasteiger partial charge is 0.354 e. The molecule has 1 aliphatic rings. The number of para-hydroxylation sites is 1. The first-order valence-electron chi connectivity index (χ1n) is 9.67. The summed E-state index contributed by atoms with van der Waals surface area (Å²) >= 11 is 0. The molecule has 8 nitrogen and oxygen atoms in total. The SMILES string of the molecule is CCn1nc(N2CCCC(NS(=O)(=O)c3cccc4cccnc34)C2)ccc1=O. The number of nitrogens with zero attached hydrogens (tertiary/aromatic N) is 4. The molecule has 0 aliphatic carbocycles. The summed E-state index contributed by atoms with van der Waals surface area (Å²) in [6.07, 6.45) is 3.16. The van der Waals surface area contributed by atoms with Crippen LogP contribution in [0.5, 0.6) is 0 Å². The van der Waals surface area contributed by atoms with Gasteiger partial charge in [-0.15, -0.1) is 0 Å². The van der Waals surface area contributed by atoms with E-state index in [0.29, 0.717) is 24.4 Å². The van der Waals surface area contributed by atoms with Crippen LogP contribution < -0.4 is 15.2 Å². The monoisotopic (exact) mass is 413 g/mol. The zero-order valence-electron chi connectivity index (χ0n) is 16.2. The van der Waals surface area contributed by atoms with Crippen LogP contribution in [0.25, 0.3) is 10.9 Å². The van der Waals surface area contributed by atoms with E-state index >= 15 is 0 Å². The van der Waals surface area contributed by atoms with Gasteiger partial charge in [-0.2, -0.15) is 5.10 Å². The minimum absolute atomic E-state index is 0.144. The lowest BCUT2D eigenvalue weighted by atomic mass is 10.1. The third kappa shape index (κ3) is 4.01. The van der Waals surface area contributed by atoms with Gasteiger partial charge in [0.15, 0.2) is 0 Å². The molecule has 29 heavy (non-hydrogen) atoms. The van der Waals surface area contributed by atoms with Gasteiger partial charge in [0.05, 0.1) is 5.52 Å². The summed E-state index contributed by atoms with van der Waals surface area (Å²) in [4.78, 5) is 18.2. The molecule has 3 aromatic rings. The van der Waals surface area contributed by atoms with Crippen LogP contribution in [0.4, 0.5) is 5.82 Å². The van der Waals surface area contributed by atoms with E-state index in [-0.39, 0.29) is 16.5 Å². The molecule has 0 amide bonds. The number of nitrogens with one attached hydrogen (secondary N) is 1. The Hall–Kier alpha value is -2.78. The van der Waals surface area contributed by atoms with Crippen LogP contribution in [-0.4, -0.2) is 42.3 Å². The summed E-state index contributed by atoms with van der Waals surface area (Å²) in [6, 6.07) is 11.7. The van der Waals surface area contributed by atoms with Crippen molar-refractivity contribution in [1.82, 2.24) is 19.5 Å². The van der Waals surface area contributed by atoms with E-state index in [1.807, 2.05) is 24.0 Å². The van der Waals surface area contributed by atoms with E-state index in [9.17, 15) is 13.2 Å². The Kier molecular flexibility index (Phi) is 5.33. The lowest BCUT2D eigenvalue weighted by molar-refractivity contribution is 0.460. The van der Waals surface area contributed by atoms with E-state index in [1.54, 1.807) is 30.5 Å². The third-order valence-electron chi connectivity index (χ3n) is 5.10. The number of sulfonamides is 1. The molecule has 1 saturated heterocycles. The van der Waals surface area contributed by atoms with Crippen molar-refractivity contribution < 1.29 is 8.42 Å². The Bertz CT molecular complexity index is 1190. The van der Waals surface area contributed by atoms with Crippen molar-refractivity contribution in [2.75, 3.05) is 18.0 Å². The molecule has 1 aliphatic heterocycles. The summed E-state index contributed by atoms with van der Waals surface area (Å²) in [5.41, 5.74) is 0.320. The highest BCUT2D eigenvalue weighted by molar-refractivity contribution is 7.89. The second-order valence-corrected chi connectivity index (χ2v) is 8.77. The molecule has 9 heteroatoms. The highest BCUT2D eigenvalue weighted by atomic mass is 32.2. The predicted octanol–water partition coefficient (Wildman–Crippen LogP) is 1.76. The molecular weight excluding hydrogens is 390 g/mol. The van der Waals surface area contributed by atoms with Gasteiger partial charge in [-0.1, -0.05) is 18.2 Å². The Morgan fingerprint density at radius 1 is 1.17 bits per heavy atom. The lowest BCUT2D eigenvalue weighted by Gasteiger charge is -2.33. The van der Waals surface area contributed by atoms with Crippen molar-refractivity contribution in [3.63, 3.8) is 0 Å². The fourth-order valence-electron chi connectivity index (χ4n) is 3.69. The van der Waals surface area contributed by atoms with E-state index in [2.05, 4.69) is 14.8 Å². The van der Waals surface area contributed by atoms with Crippen LogP contribution >= 0.6 is 0 Å². The fraction of sp³-hybridized carbons (Fsp3) is 0.350. The van der Waals surface area contributed by atoms with Crippen LogP contribution in [0.1, 0.15) is 19.8 Å². The quantitative estimate of drug-likeness (QED) is 0.685. The molecule has 1 unspecified atom stereocenters. The Balaban J connectivity index is 1.57. The Morgan fingerprint density at radius 3 is 2.83 bits per heavy atom.